The first-order chi connectivity index (χ1) is 6.59. The van der Waals surface area contributed by atoms with Crippen molar-refractivity contribution in [3.63, 3.8) is 0 Å². The minimum Gasteiger partial charge on any atom is -0.392 e. The van der Waals surface area contributed by atoms with Crippen LogP contribution in [0, 0.1) is 6.92 Å². The molecule has 0 saturated heterocycles. The number of aryl methyl sites for hydroxylation is 1. The van der Waals surface area contributed by atoms with E-state index in [1.807, 2.05) is 0 Å². The number of benzene rings is 1. The largest absolute Gasteiger partial charge is 0.392 e. The Kier molecular flexibility index (Phi) is 4.11. The average molecular weight is 193 g/mol. The van der Waals surface area contributed by atoms with Crippen LogP contribution in [0.4, 0.5) is 0 Å². The lowest BCUT2D eigenvalue weighted by Crippen LogP contribution is -2.27. The molecule has 0 aliphatic rings. The Hall–Kier alpha value is -0.860. The molecule has 0 amide bonds. The Bertz CT molecular complexity index is 266. The van der Waals surface area contributed by atoms with Crippen molar-refractivity contribution in [1.82, 2.24) is 5.32 Å². The molecule has 0 aromatic heterocycles. The van der Waals surface area contributed by atoms with E-state index < -0.39 is 0 Å². The Balaban J connectivity index is 2.52. The molecule has 2 nitrogen and oxygen atoms in total. The molecule has 0 bridgehead atoms. The highest BCUT2D eigenvalue weighted by Crippen LogP contribution is 2.12. The zero-order valence-electron chi connectivity index (χ0n) is 9.12. The first-order valence-electron chi connectivity index (χ1n) is 5.07. The van der Waals surface area contributed by atoms with Gasteiger partial charge in [-0.25, -0.2) is 0 Å². The van der Waals surface area contributed by atoms with Crippen molar-refractivity contribution in [2.24, 2.45) is 0 Å². The van der Waals surface area contributed by atoms with Crippen molar-refractivity contribution in [2.45, 2.75) is 32.9 Å². The monoisotopic (exact) mass is 193 g/mol. The molecule has 78 valence electrons. The molecule has 0 aliphatic heterocycles. The van der Waals surface area contributed by atoms with Gasteiger partial charge in [-0.05, 0) is 26.3 Å². The average Bonchev–Trinajstić information content (AvgIpc) is 2.15. The zero-order chi connectivity index (χ0) is 10.6. The van der Waals surface area contributed by atoms with E-state index in [-0.39, 0.29) is 6.10 Å². The van der Waals surface area contributed by atoms with E-state index >= 15 is 0 Å². The van der Waals surface area contributed by atoms with E-state index in [0.29, 0.717) is 12.6 Å². The summed E-state index contributed by atoms with van der Waals surface area (Å²) in [7, 11) is 0. The lowest BCUT2D eigenvalue weighted by atomic mass is 10.1. The van der Waals surface area contributed by atoms with E-state index in [0.717, 1.165) is 0 Å². The molecule has 2 heteroatoms. The molecule has 1 rings (SSSR count). The molecule has 0 fully saturated rings. The van der Waals surface area contributed by atoms with Gasteiger partial charge in [-0.3, -0.25) is 0 Å². The number of nitrogens with one attached hydrogen (secondary N) is 1. The highest BCUT2D eigenvalue weighted by Gasteiger charge is 2.04. The molecular formula is C12H19NO. The maximum atomic E-state index is 9.13. The van der Waals surface area contributed by atoms with Crippen LogP contribution in [0.15, 0.2) is 24.3 Å². The van der Waals surface area contributed by atoms with Gasteiger partial charge in [0.05, 0.1) is 6.10 Å². The minimum absolute atomic E-state index is 0.289. The number of hydrogen-bond donors (Lipinski definition) is 2. The van der Waals surface area contributed by atoms with Crippen molar-refractivity contribution in [1.29, 1.82) is 0 Å². The lowest BCUT2D eigenvalue weighted by Gasteiger charge is -2.15. The summed E-state index contributed by atoms with van der Waals surface area (Å²) in [5.41, 5.74) is 2.53. The van der Waals surface area contributed by atoms with Crippen molar-refractivity contribution < 1.29 is 5.11 Å². The predicted molar refractivity (Wildman–Crippen MR) is 59.3 cm³/mol. The summed E-state index contributed by atoms with van der Waals surface area (Å²) in [5.74, 6) is 0. The van der Waals surface area contributed by atoms with E-state index in [4.69, 9.17) is 5.11 Å². The minimum atomic E-state index is -0.289. The highest BCUT2D eigenvalue weighted by atomic mass is 16.3. The third-order valence-corrected chi connectivity index (χ3v) is 2.30. The normalized spacial score (nSPS) is 15.1. The van der Waals surface area contributed by atoms with Crippen LogP contribution in [-0.4, -0.2) is 17.8 Å². The van der Waals surface area contributed by atoms with Crippen molar-refractivity contribution in [2.75, 3.05) is 6.54 Å². The number of hydrogen-bond acceptors (Lipinski definition) is 2. The molecular weight excluding hydrogens is 174 g/mol. The second-order valence-corrected chi connectivity index (χ2v) is 3.89. The molecule has 2 atom stereocenters. The molecule has 1 aromatic carbocycles. The van der Waals surface area contributed by atoms with Crippen LogP contribution < -0.4 is 5.32 Å². The topological polar surface area (TPSA) is 32.3 Å². The van der Waals surface area contributed by atoms with Gasteiger partial charge in [-0.2, -0.15) is 0 Å². The molecule has 2 N–H and O–H groups in total. The van der Waals surface area contributed by atoms with Gasteiger partial charge in [0, 0.05) is 12.6 Å². The first-order valence-corrected chi connectivity index (χ1v) is 5.07. The predicted octanol–water partition coefficient (Wildman–Crippen LogP) is 2.03. The fourth-order valence-electron chi connectivity index (χ4n) is 1.32. The molecule has 0 heterocycles. The Morgan fingerprint density at radius 2 is 1.79 bits per heavy atom. The van der Waals surface area contributed by atoms with Crippen LogP contribution in [0.2, 0.25) is 0 Å². The van der Waals surface area contributed by atoms with Gasteiger partial charge >= 0.3 is 0 Å². The Morgan fingerprint density at radius 1 is 1.21 bits per heavy atom. The second-order valence-electron chi connectivity index (χ2n) is 3.89. The smallest absolute Gasteiger partial charge is 0.0636 e. The van der Waals surface area contributed by atoms with Gasteiger partial charge in [-0.1, -0.05) is 29.8 Å². The summed E-state index contributed by atoms with van der Waals surface area (Å²) < 4.78 is 0. The second kappa shape index (κ2) is 5.13. The van der Waals surface area contributed by atoms with E-state index in [1.54, 1.807) is 6.92 Å². The third-order valence-electron chi connectivity index (χ3n) is 2.30. The van der Waals surface area contributed by atoms with Crippen molar-refractivity contribution in [3.8, 4) is 0 Å². The molecule has 14 heavy (non-hydrogen) atoms. The quantitative estimate of drug-likeness (QED) is 0.767. The van der Waals surface area contributed by atoms with Crippen molar-refractivity contribution in [3.05, 3.63) is 35.4 Å². The van der Waals surface area contributed by atoms with Gasteiger partial charge in [-0.15, -0.1) is 0 Å². The third kappa shape index (κ3) is 3.48. The maximum Gasteiger partial charge on any atom is 0.0636 e. The number of rotatable bonds is 4. The molecule has 0 unspecified atom stereocenters. The van der Waals surface area contributed by atoms with Crippen LogP contribution in [-0.2, 0) is 0 Å². The van der Waals surface area contributed by atoms with Gasteiger partial charge in [0.15, 0.2) is 0 Å². The highest BCUT2D eigenvalue weighted by molar-refractivity contribution is 5.23. The molecule has 0 spiro atoms. The summed E-state index contributed by atoms with van der Waals surface area (Å²) in [5, 5.41) is 12.4. The van der Waals surface area contributed by atoms with E-state index in [9.17, 15) is 0 Å². The van der Waals surface area contributed by atoms with E-state index in [2.05, 4.69) is 43.4 Å². The molecule has 0 radical (unpaired) electrons. The first kappa shape index (κ1) is 11.2. The summed E-state index contributed by atoms with van der Waals surface area (Å²) in [6, 6.07) is 8.75. The lowest BCUT2D eigenvalue weighted by molar-refractivity contribution is 0.187. The van der Waals surface area contributed by atoms with E-state index in [1.165, 1.54) is 11.1 Å². The number of aliphatic hydroxyl groups is 1. The molecule has 0 saturated carbocycles. The molecule has 1 aromatic rings. The van der Waals surface area contributed by atoms with Gasteiger partial charge in [0.2, 0.25) is 0 Å². The number of aliphatic hydroxyl groups excluding tert-OH is 1. The van der Waals surface area contributed by atoms with Crippen molar-refractivity contribution >= 4 is 0 Å². The standard InChI is InChI=1S/C12H19NO/c1-9-4-6-12(7-5-9)11(3)13-8-10(2)14/h4-7,10-11,13-14H,8H2,1-3H3/t10-,11+/m1/s1. The van der Waals surface area contributed by atoms with Gasteiger partial charge < -0.3 is 10.4 Å². The van der Waals surface area contributed by atoms with Crippen LogP contribution in [0.25, 0.3) is 0 Å². The van der Waals surface area contributed by atoms with Crippen LogP contribution in [0.5, 0.6) is 0 Å². The SMILES string of the molecule is Cc1ccc([C@H](C)NC[C@@H](C)O)cc1. The van der Waals surface area contributed by atoms with Gasteiger partial charge in [0.25, 0.3) is 0 Å². The van der Waals surface area contributed by atoms with Crippen LogP contribution in [0.1, 0.15) is 31.0 Å². The Morgan fingerprint density at radius 3 is 2.29 bits per heavy atom. The van der Waals surface area contributed by atoms with Gasteiger partial charge in [0.1, 0.15) is 0 Å². The van der Waals surface area contributed by atoms with Crippen LogP contribution in [0.3, 0.4) is 0 Å². The fraction of sp³-hybridized carbons (Fsp3) is 0.500. The summed E-state index contributed by atoms with van der Waals surface area (Å²) in [6.07, 6.45) is -0.289. The summed E-state index contributed by atoms with van der Waals surface area (Å²) >= 11 is 0. The maximum absolute atomic E-state index is 9.13. The zero-order valence-corrected chi connectivity index (χ0v) is 9.12. The Labute approximate surface area is 86.0 Å². The molecule has 0 aliphatic carbocycles. The summed E-state index contributed by atoms with van der Waals surface area (Å²) in [6.45, 7) is 6.61. The summed E-state index contributed by atoms with van der Waals surface area (Å²) in [4.78, 5) is 0. The fourth-order valence-corrected chi connectivity index (χ4v) is 1.32. The van der Waals surface area contributed by atoms with Crippen LogP contribution >= 0.6 is 0 Å².